The highest BCUT2D eigenvalue weighted by molar-refractivity contribution is 6.74. The van der Waals surface area contributed by atoms with E-state index < -0.39 is 20.2 Å². The Morgan fingerprint density at radius 1 is 1.40 bits per heavy atom. The van der Waals surface area contributed by atoms with E-state index in [1.807, 2.05) is 20.8 Å². The molecule has 0 unspecified atom stereocenters. The van der Waals surface area contributed by atoms with Crippen molar-refractivity contribution in [3.05, 3.63) is 0 Å². The van der Waals surface area contributed by atoms with Gasteiger partial charge in [0.2, 0.25) is 0 Å². The highest BCUT2D eigenvalue weighted by Gasteiger charge is 2.40. The lowest BCUT2D eigenvalue weighted by atomic mass is 10.0. The van der Waals surface area contributed by atoms with E-state index in [1.54, 1.807) is 0 Å². The molecule has 4 nitrogen and oxygen atoms in total. The topological polar surface area (TPSA) is 44.8 Å². The number of hydrogen-bond donors (Lipinski definition) is 0. The van der Waals surface area contributed by atoms with E-state index >= 15 is 0 Å². The van der Waals surface area contributed by atoms with E-state index in [1.165, 1.54) is 0 Å². The van der Waals surface area contributed by atoms with Crippen molar-refractivity contribution in [3.63, 3.8) is 0 Å². The first-order chi connectivity index (χ1) is 8.86. The summed E-state index contributed by atoms with van der Waals surface area (Å²) in [6, 6.07) is 0. The SMILES string of the molecule is C[C@H](CO[Si](C)(C)C(C)(C)C)C(=O)[C@H]1COC(C)(C)O1. The van der Waals surface area contributed by atoms with Crippen molar-refractivity contribution >= 4 is 14.1 Å². The van der Waals surface area contributed by atoms with Crippen molar-refractivity contribution in [1.82, 2.24) is 0 Å². The molecule has 118 valence electrons. The minimum Gasteiger partial charge on any atom is -0.416 e. The van der Waals surface area contributed by atoms with Gasteiger partial charge in [-0.2, -0.15) is 0 Å². The van der Waals surface area contributed by atoms with Gasteiger partial charge in [-0.1, -0.05) is 27.7 Å². The number of ketones is 1. The number of hydrogen-bond acceptors (Lipinski definition) is 4. The Hall–Kier alpha value is -0.233. The van der Waals surface area contributed by atoms with Crippen LogP contribution in [-0.4, -0.2) is 39.2 Å². The first kappa shape index (κ1) is 17.8. The fraction of sp³-hybridized carbons (Fsp3) is 0.933. The fourth-order valence-corrected chi connectivity index (χ4v) is 2.88. The molecule has 1 aliphatic heterocycles. The van der Waals surface area contributed by atoms with Gasteiger partial charge in [-0.25, -0.2) is 0 Å². The Balaban J connectivity index is 2.52. The predicted molar refractivity (Wildman–Crippen MR) is 82.2 cm³/mol. The van der Waals surface area contributed by atoms with Crippen molar-refractivity contribution in [2.75, 3.05) is 13.2 Å². The van der Waals surface area contributed by atoms with E-state index in [0.717, 1.165) is 0 Å². The molecule has 2 atom stereocenters. The number of ether oxygens (including phenoxy) is 2. The van der Waals surface area contributed by atoms with E-state index in [9.17, 15) is 4.79 Å². The van der Waals surface area contributed by atoms with Crippen LogP contribution in [0.1, 0.15) is 41.5 Å². The summed E-state index contributed by atoms with van der Waals surface area (Å²) in [6.45, 7) is 17.4. The minimum atomic E-state index is -1.81. The zero-order valence-corrected chi connectivity index (χ0v) is 15.2. The molecule has 1 aliphatic rings. The largest absolute Gasteiger partial charge is 0.416 e. The maximum atomic E-state index is 12.3. The zero-order chi connectivity index (χ0) is 15.8. The third-order valence-corrected chi connectivity index (χ3v) is 8.81. The smallest absolute Gasteiger partial charge is 0.192 e. The molecule has 5 heteroatoms. The number of rotatable bonds is 5. The Bertz CT molecular complexity index is 357. The molecular formula is C15H30O4Si. The summed E-state index contributed by atoms with van der Waals surface area (Å²) in [4.78, 5) is 12.3. The van der Waals surface area contributed by atoms with E-state index in [4.69, 9.17) is 13.9 Å². The second-order valence-corrected chi connectivity index (χ2v) is 12.5. The molecule has 0 aromatic carbocycles. The summed E-state index contributed by atoms with van der Waals surface area (Å²) in [6.07, 6.45) is -0.456. The van der Waals surface area contributed by atoms with Gasteiger partial charge in [0.25, 0.3) is 0 Å². The molecule has 20 heavy (non-hydrogen) atoms. The zero-order valence-electron chi connectivity index (χ0n) is 14.2. The summed E-state index contributed by atoms with van der Waals surface area (Å²) in [5, 5.41) is 0.157. The number of carbonyl (C=O) groups excluding carboxylic acids is 1. The Labute approximate surface area is 124 Å². The lowest BCUT2D eigenvalue weighted by molar-refractivity contribution is -0.154. The summed E-state index contributed by atoms with van der Waals surface area (Å²) >= 11 is 0. The van der Waals surface area contributed by atoms with E-state index in [-0.39, 0.29) is 16.7 Å². The third kappa shape index (κ3) is 4.38. The lowest BCUT2D eigenvalue weighted by Crippen LogP contribution is -2.43. The average molecular weight is 302 g/mol. The molecule has 0 N–H and O–H groups in total. The van der Waals surface area contributed by atoms with Crippen LogP contribution in [0.5, 0.6) is 0 Å². The van der Waals surface area contributed by atoms with Gasteiger partial charge in [0, 0.05) is 12.5 Å². The maximum absolute atomic E-state index is 12.3. The molecule has 0 amide bonds. The molecule has 0 bridgehead atoms. The first-order valence-electron chi connectivity index (χ1n) is 7.35. The van der Waals surface area contributed by atoms with Crippen molar-refractivity contribution in [2.45, 2.75) is 71.6 Å². The van der Waals surface area contributed by atoms with Gasteiger partial charge in [-0.05, 0) is 32.0 Å². The maximum Gasteiger partial charge on any atom is 0.192 e. The number of carbonyl (C=O) groups is 1. The van der Waals surface area contributed by atoms with Crippen LogP contribution in [0.25, 0.3) is 0 Å². The Kier molecular flexibility index (Phi) is 5.23. The van der Waals surface area contributed by atoms with E-state index in [0.29, 0.717) is 13.2 Å². The first-order valence-corrected chi connectivity index (χ1v) is 10.3. The van der Waals surface area contributed by atoms with Crippen molar-refractivity contribution < 1.29 is 18.7 Å². The molecular weight excluding hydrogens is 272 g/mol. The van der Waals surface area contributed by atoms with Gasteiger partial charge >= 0.3 is 0 Å². The van der Waals surface area contributed by atoms with Crippen LogP contribution in [0.3, 0.4) is 0 Å². The van der Waals surface area contributed by atoms with Crippen molar-refractivity contribution in [1.29, 1.82) is 0 Å². The molecule has 0 spiro atoms. The molecule has 0 aliphatic carbocycles. The Morgan fingerprint density at radius 2 is 1.95 bits per heavy atom. The van der Waals surface area contributed by atoms with Crippen LogP contribution in [0, 0.1) is 5.92 Å². The molecule has 1 heterocycles. The predicted octanol–water partition coefficient (Wildman–Crippen LogP) is 3.36. The van der Waals surface area contributed by atoms with Crippen LogP contribution in [-0.2, 0) is 18.7 Å². The Morgan fingerprint density at radius 3 is 2.35 bits per heavy atom. The molecule has 0 aromatic heterocycles. The summed E-state index contributed by atoms with van der Waals surface area (Å²) in [5.41, 5.74) is 0. The van der Waals surface area contributed by atoms with Crippen molar-refractivity contribution in [2.24, 2.45) is 5.92 Å². The van der Waals surface area contributed by atoms with Crippen LogP contribution in [0.2, 0.25) is 18.1 Å². The number of Topliss-reactive ketones (excluding diaryl/α,β-unsaturated/α-hetero) is 1. The summed E-state index contributed by atoms with van der Waals surface area (Å²) in [7, 11) is -1.81. The van der Waals surface area contributed by atoms with Gasteiger partial charge < -0.3 is 13.9 Å². The van der Waals surface area contributed by atoms with Gasteiger partial charge in [-0.15, -0.1) is 0 Å². The lowest BCUT2D eigenvalue weighted by Gasteiger charge is -2.37. The molecule has 1 fully saturated rings. The van der Waals surface area contributed by atoms with Gasteiger partial charge in [-0.3, -0.25) is 4.79 Å². The molecule has 1 saturated heterocycles. The monoisotopic (exact) mass is 302 g/mol. The summed E-state index contributed by atoms with van der Waals surface area (Å²) in [5.74, 6) is -0.735. The normalized spacial score (nSPS) is 24.7. The molecule has 1 rings (SSSR count). The quantitative estimate of drug-likeness (QED) is 0.730. The highest BCUT2D eigenvalue weighted by atomic mass is 28.4. The van der Waals surface area contributed by atoms with Crippen LogP contribution in [0.4, 0.5) is 0 Å². The van der Waals surface area contributed by atoms with Gasteiger partial charge in [0.05, 0.1) is 6.61 Å². The third-order valence-electron chi connectivity index (χ3n) is 4.31. The second kappa shape index (κ2) is 5.87. The highest BCUT2D eigenvalue weighted by Crippen LogP contribution is 2.37. The van der Waals surface area contributed by atoms with Gasteiger partial charge in [0.15, 0.2) is 19.9 Å². The molecule has 0 aromatic rings. The van der Waals surface area contributed by atoms with Gasteiger partial charge in [0.1, 0.15) is 6.10 Å². The average Bonchev–Trinajstić information content (AvgIpc) is 2.64. The minimum absolute atomic E-state index is 0.0780. The molecule has 0 saturated carbocycles. The van der Waals surface area contributed by atoms with Crippen LogP contribution >= 0.6 is 0 Å². The standard InChI is InChI=1S/C15H30O4Si/c1-11(9-18-20(7,8)14(2,3)4)13(16)12-10-17-15(5,6)19-12/h11-12H,9-10H2,1-8H3/t11-,12-/m1/s1. The fourth-order valence-electron chi connectivity index (χ4n) is 1.78. The summed E-state index contributed by atoms with van der Waals surface area (Å²) < 4.78 is 17.2. The van der Waals surface area contributed by atoms with E-state index in [2.05, 4.69) is 33.9 Å². The van der Waals surface area contributed by atoms with Crippen LogP contribution in [0.15, 0.2) is 0 Å². The van der Waals surface area contributed by atoms with Crippen molar-refractivity contribution in [3.8, 4) is 0 Å². The second-order valence-electron chi connectivity index (χ2n) is 7.69. The van der Waals surface area contributed by atoms with Crippen LogP contribution < -0.4 is 0 Å². The molecule has 0 radical (unpaired) electrons.